The zero-order valence-corrected chi connectivity index (χ0v) is 27.1. The second-order valence-corrected chi connectivity index (χ2v) is 12.5. The van der Waals surface area contributed by atoms with E-state index >= 15 is 0 Å². The molecule has 0 radical (unpaired) electrons. The summed E-state index contributed by atoms with van der Waals surface area (Å²) in [5, 5.41) is 14.3. The average molecular weight is 595 g/mol. The Bertz CT molecular complexity index is 897. The Morgan fingerprint density at radius 2 is 1.86 bits per heavy atom. The minimum atomic E-state index is -0.779. The third kappa shape index (κ3) is 12.4. The van der Waals surface area contributed by atoms with Gasteiger partial charge >= 0.3 is 0 Å². The molecule has 1 fully saturated rings. The molecule has 4 N–H and O–H groups in total. The second-order valence-electron chi connectivity index (χ2n) is 12.5. The number of hydrogen-bond donors (Lipinski definition) is 3. The Hall–Kier alpha value is -1.91. The first kappa shape index (κ1) is 36.3. The van der Waals surface area contributed by atoms with Crippen molar-refractivity contribution in [3.05, 3.63) is 23.8 Å². The van der Waals surface area contributed by atoms with Crippen molar-refractivity contribution in [1.82, 2.24) is 5.32 Å². The summed E-state index contributed by atoms with van der Waals surface area (Å²) in [6, 6.07) is 5.60. The van der Waals surface area contributed by atoms with Gasteiger partial charge < -0.3 is 39.8 Å². The predicted octanol–water partition coefficient (Wildman–Crippen LogP) is 4.22. The number of rotatable bonds is 19. The van der Waals surface area contributed by atoms with Crippen LogP contribution in [0, 0.1) is 29.6 Å². The van der Waals surface area contributed by atoms with E-state index in [9.17, 15) is 9.90 Å². The highest BCUT2D eigenvalue weighted by Gasteiger charge is 2.30. The molecule has 1 saturated heterocycles. The Balaban J connectivity index is 1.97. The largest absolute Gasteiger partial charge is 0.493 e. The monoisotopic (exact) mass is 594 g/mol. The fourth-order valence-electron chi connectivity index (χ4n) is 5.62. The van der Waals surface area contributed by atoms with Crippen LogP contribution in [0.15, 0.2) is 18.2 Å². The molecule has 0 aliphatic carbocycles. The SMILES string of the molecule is COCCCOc1cc(C[C@@H](C[C@H](N)C(O)CC(C(=O)NC[C@H]2COCC[C@H](OC)C2)C(C)C)C(C)C)ccc1OC. The minimum Gasteiger partial charge on any atom is -0.493 e. The number of hydrogen-bond acceptors (Lipinski definition) is 8. The summed E-state index contributed by atoms with van der Waals surface area (Å²) in [4.78, 5) is 13.2. The minimum absolute atomic E-state index is 0.0360. The van der Waals surface area contributed by atoms with Crippen LogP contribution < -0.4 is 20.5 Å². The molecule has 6 atom stereocenters. The molecule has 1 aromatic carbocycles. The molecule has 242 valence electrons. The topological polar surface area (TPSA) is 122 Å². The predicted molar refractivity (Wildman–Crippen MR) is 166 cm³/mol. The summed E-state index contributed by atoms with van der Waals surface area (Å²) in [5.74, 6) is 1.95. The van der Waals surface area contributed by atoms with Crippen molar-refractivity contribution in [2.45, 2.75) is 84.5 Å². The van der Waals surface area contributed by atoms with Gasteiger partial charge in [-0.25, -0.2) is 0 Å². The van der Waals surface area contributed by atoms with Crippen LogP contribution >= 0.6 is 0 Å². The van der Waals surface area contributed by atoms with Gasteiger partial charge in [0.25, 0.3) is 0 Å². The maximum Gasteiger partial charge on any atom is 0.223 e. The van der Waals surface area contributed by atoms with E-state index in [4.69, 9.17) is 29.4 Å². The molecule has 42 heavy (non-hydrogen) atoms. The van der Waals surface area contributed by atoms with E-state index in [1.165, 1.54) is 0 Å². The Labute approximate surface area is 254 Å². The second kappa shape index (κ2) is 19.4. The zero-order chi connectivity index (χ0) is 31.1. The van der Waals surface area contributed by atoms with Crippen LogP contribution in [0.4, 0.5) is 0 Å². The van der Waals surface area contributed by atoms with Gasteiger partial charge in [0.1, 0.15) is 0 Å². The first-order valence-electron chi connectivity index (χ1n) is 15.7. The lowest BCUT2D eigenvalue weighted by Gasteiger charge is -2.30. The summed E-state index contributed by atoms with van der Waals surface area (Å²) in [6.45, 7) is 11.4. The lowest BCUT2D eigenvalue weighted by Crippen LogP contribution is -2.43. The number of ether oxygens (including phenoxy) is 5. The van der Waals surface area contributed by atoms with Crippen molar-refractivity contribution in [1.29, 1.82) is 0 Å². The Morgan fingerprint density at radius 3 is 2.50 bits per heavy atom. The van der Waals surface area contributed by atoms with E-state index in [0.29, 0.717) is 57.5 Å². The highest BCUT2D eigenvalue weighted by atomic mass is 16.5. The Morgan fingerprint density at radius 1 is 1.10 bits per heavy atom. The molecule has 0 saturated carbocycles. The van der Waals surface area contributed by atoms with Crippen molar-refractivity contribution in [3.8, 4) is 11.5 Å². The van der Waals surface area contributed by atoms with Crippen LogP contribution in [-0.2, 0) is 25.4 Å². The molecule has 2 unspecified atom stereocenters. The van der Waals surface area contributed by atoms with Gasteiger partial charge in [0.2, 0.25) is 5.91 Å². The molecule has 1 aromatic rings. The molecule has 9 heteroatoms. The molecular formula is C33H58N2O7. The van der Waals surface area contributed by atoms with Crippen molar-refractivity contribution in [2.24, 2.45) is 35.3 Å². The van der Waals surface area contributed by atoms with Gasteiger partial charge in [-0.05, 0) is 67.6 Å². The molecule has 2 rings (SSSR count). The van der Waals surface area contributed by atoms with E-state index in [0.717, 1.165) is 37.0 Å². The molecular weight excluding hydrogens is 536 g/mol. The molecule has 1 heterocycles. The summed E-state index contributed by atoms with van der Waals surface area (Å²) >= 11 is 0. The Kier molecular flexibility index (Phi) is 16.7. The third-order valence-electron chi connectivity index (χ3n) is 8.56. The first-order chi connectivity index (χ1) is 20.1. The van der Waals surface area contributed by atoms with Gasteiger partial charge in [0.15, 0.2) is 11.5 Å². The maximum atomic E-state index is 13.2. The van der Waals surface area contributed by atoms with E-state index in [-0.39, 0.29) is 35.7 Å². The molecule has 0 aromatic heterocycles. The average Bonchev–Trinajstić information content (AvgIpc) is 3.21. The smallest absolute Gasteiger partial charge is 0.223 e. The van der Waals surface area contributed by atoms with Crippen LogP contribution in [0.2, 0.25) is 0 Å². The van der Waals surface area contributed by atoms with Crippen molar-refractivity contribution in [2.75, 3.05) is 54.3 Å². The molecule has 0 bridgehead atoms. The van der Waals surface area contributed by atoms with Gasteiger partial charge in [0.05, 0.1) is 32.5 Å². The number of carbonyl (C=O) groups excluding carboxylic acids is 1. The number of benzene rings is 1. The van der Waals surface area contributed by atoms with Gasteiger partial charge in [-0.15, -0.1) is 0 Å². The van der Waals surface area contributed by atoms with Crippen LogP contribution in [0.25, 0.3) is 0 Å². The highest BCUT2D eigenvalue weighted by molar-refractivity contribution is 5.78. The number of methoxy groups -OCH3 is 3. The van der Waals surface area contributed by atoms with Crippen LogP contribution in [-0.4, -0.2) is 83.6 Å². The van der Waals surface area contributed by atoms with E-state index in [1.54, 1.807) is 21.3 Å². The highest BCUT2D eigenvalue weighted by Crippen LogP contribution is 2.32. The summed E-state index contributed by atoms with van der Waals surface area (Å²) in [7, 11) is 5.05. The number of aliphatic hydroxyl groups is 1. The number of nitrogens with one attached hydrogen (secondary N) is 1. The zero-order valence-electron chi connectivity index (χ0n) is 27.1. The summed E-state index contributed by atoms with van der Waals surface area (Å²) < 4.78 is 27.8. The lowest BCUT2D eigenvalue weighted by atomic mass is 9.80. The number of nitrogens with two attached hydrogens (primary N) is 1. The van der Waals surface area contributed by atoms with E-state index < -0.39 is 12.1 Å². The van der Waals surface area contributed by atoms with Gasteiger partial charge in [-0.1, -0.05) is 33.8 Å². The van der Waals surface area contributed by atoms with Gasteiger partial charge in [0, 0.05) is 58.3 Å². The quantitative estimate of drug-likeness (QED) is 0.204. The molecule has 1 amide bonds. The number of aliphatic hydroxyl groups excluding tert-OH is 1. The summed E-state index contributed by atoms with van der Waals surface area (Å²) in [5.41, 5.74) is 7.73. The first-order valence-corrected chi connectivity index (χ1v) is 15.7. The fourth-order valence-corrected chi connectivity index (χ4v) is 5.62. The summed E-state index contributed by atoms with van der Waals surface area (Å²) in [6.07, 6.45) is 3.70. The van der Waals surface area contributed by atoms with Gasteiger partial charge in [-0.3, -0.25) is 4.79 Å². The van der Waals surface area contributed by atoms with E-state index in [1.807, 2.05) is 26.0 Å². The normalized spacial score (nSPS) is 20.5. The molecule has 1 aliphatic heterocycles. The maximum absolute atomic E-state index is 13.2. The number of amides is 1. The van der Waals surface area contributed by atoms with Crippen molar-refractivity contribution >= 4 is 5.91 Å². The third-order valence-corrected chi connectivity index (χ3v) is 8.56. The fraction of sp³-hybridized carbons (Fsp3) is 0.788. The molecule has 9 nitrogen and oxygen atoms in total. The standard InChI is InChI=1S/C33H58N2O7/c1-22(2)26(15-24-9-10-31(40-7)32(17-24)42-13-8-12-38-5)18-29(34)30(36)19-28(23(3)4)33(37)35-20-25-16-27(39-6)11-14-41-21-25/h9-10,17,22-23,25-30,36H,8,11-16,18-21,34H2,1-7H3,(H,35,37)/t25-,26-,27-,28?,29-,30?/m0/s1. The molecule has 0 spiro atoms. The lowest BCUT2D eigenvalue weighted by molar-refractivity contribution is -0.128. The van der Waals surface area contributed by atoms with Crippen LogP contribution in [0.1, 0.15) is 65.4 Å². The van der Waals surface area contributed by atoms with Crippen LogP contribution in [0.3, 0.4) is 0 Å². The van der Waals surface area contributed by atoms with Gasteiger partial charge in [-0.2, -0.15) is 0 Å². The van der Waals surface area contributed by atoms with Crippen molar-refractivity contribution in [3.63, 3.8) is 0 Å². The van der Waals surface area contributed by atoms with Crippen molar-refractivity contribution < 1.29 is 33.6 Å². The van der Waals surface area contributed by atoms with E-state index in [2.05, 4.69) is 25.2 Å². The van der Waals surface area contributed by atoms with Crippen LogP contribution in [0.5, 0.6) is 11.5 Å². The molecule has 1 aliphatic rings. The number of carbonyl (C=O) groups is 1.